The van der Waals surface area contributed by atoms with Gasteiger partial charge in [0.1, 0.15) is 0 Å². The van der Waals surface area contributed by atoms with E-state index in [0.29, 0.717) is 27.8 Å². The molecule has 1 aromatic carbocycles. The van der Waals surface area contributed by atoms with Gasteiger partial charge >= 0.3 is 0 Å². The summed E-state index contributed by atoms with van der Waals surface area (Å²) in [6.45, 7) is 3.40. The van der Waals surface area contributed by atoms with Crippen LogP contribution in [0.2, 0.25) is 0 Å². The van der Waals surface area contributed by atoms with Gasteiger partial charge in [-0.25, -0.2) is 0 Å². The summed E-state index contributed by atoms with van der Waals surface area (Å²) in [5, 5.41) is 13.7. The van der Waals surface area contributed by atoms with E-state index in [1.807, 2.05) is 11.8 Å². The standard InChI is InChI=1S/C23H27BrN2O4/c1-13-19(23(29)26-9-4-3-5-10-26)20(21-16(25-13)7-6-8-17(21)27)14-11-15(24)22(28)18(12-14)30-2/h11-12,20,25,28H,3-10H2,1-2H3/t20-/m0/s1. The number of nitrogens with one attached hydrogen (secondary N) is 1. The second-order valence-corrected chi connectivity index (χ2v) is 9.03. The van der Waals surface area contributed by atoms with Crippen LogP contribution in [0.4, 0.5) is 0 Å². The van der Waals surface area contributed by atoms with Gasteiger partial charge in [0.25, 0.3) is 5.91 Å². The van der Waals surface area contributed by atoms with Crippen LogP contribution in [0.1, 0.15) is 56.9 Å². The Kier molecular flexibility index (Phi) is 5.91. The van der Waals surface area contributed by atoms with Crippen molar-refractivity contribution in [2.75, 3.05) is 20.2 Å². The number of allylic oxidation sites excluding steroid dienone is 3. The Morgan fingerprint density at radius 1 is 1.20 bits per heavy atom. The van der Waals surface area contributed by atoms with Crippen LogP contribution < -0.4 is 10.1 Å². The average Bonchev–Trinajstić information content (AvgIpc) is 2.75. The lowest BCUT2D eigenvalue weighted by atomic mass is 9.74. The molecule has 1 saturated heterocycles. The Hall–Kier alpha value is -2.28. The average molecular weight is 475 g/mol. The van der Waals surface area contributed by atoms with E-state index >= 15 is 0 Å². The highest BCUT2D eigenvalue weighted by Gasteiger charge is 2.40. The van der Waals surface area contributed by atoms with Gasteiger partial charge in [0.2, 0.25) is 0 Å². The van der Waals surface area contributed by atoms with E-state index in [2.05, 4.69) is 21.2 Å². The molecule has 0 bridgehead atoms. The van der Waals surface area contributed by atoms with Crippen LogP contribution in [0.3, 0.4) is 0 Å². The van der Waals surface area contributed by atoms with Gasteiger partial charge in [-0.15, -0.1) is 0 Å². The van der Waals surface area contributed by atoms with Gasteiger partial charge in [-0.2, -0.15) is 0 Å². The summed E-state index contributed by atoms with van der Waals surface area (Å²) in [5.74, 6) is -0.102. The summed E-state index contributed by atoms with van der Waals surface area (Å²) >= 11 is 3.40. The minimum absolute atomic E-state index is 0.00367. The Labute approximate surface area is 185 Å². The van der Waals surface area contributed by atoms with E-state index in [1.165, 1.54) is 7.11 Å². The van der Waals surface area contributed by atoms with E-state index < -0.39 is 5.92 Å². The number of dihydropyridines is 1. The molecule has 0 spiro atoms. The Morgan fingerprint density at radius 2 is 1.93 bits per heavy atom. The predicted octanol–water partition coefficient (Wildman–Crippen LogP) is 4.14. The zero-order valence-electron chi connectivity index (χ0n) is 17.4. The SMILES string of the molecule is COc1cc([C@H]2C(C(=O)N3CCCCC3)=C(C)NC3=C2C(=O)CCC3)cc(Br)c1O. The maximum Gasteiger partial charge on any atom is 0.252 e. The minimum atomic E-state index is -0.478. The molecule has 1 atom stereocenters. The molecule has 0 aromatic heterocycles. The lowest BCUT2D eigenvalue weighted by Crippen LogP contribution is -2.42. The monoisotopic (exact) mass is 474 g/mol. The Balaban J connectivity index is 1.87. The largest absolute Gasteiger partial charge is 0.503 e. The van der Waals surface area contributed by atoms with Gasteiger partial charge < -0.3 is 20.1 Å². The molecule has 3 aliphatic rings. The number of carbonyl (C=O) groups excluding carboxylic acids is 2. The van der Waals surface area contributed by atoms with Crippen molar-refractivity contribution >= 4 is 27.6 Å². The lowest BCUT2D eigenvalue weighted by molar-refractivity contribution is -0.128. The van der Waals surface area contributed by atoms with Crippen molar-refractivity contribution < 1.29 is 19.4 Å². The van der Waals surface area contributed by atoms with Crippen LogP contribution in [-0.2, 0) is 9.59 Å². The lowest BCUT2D eigenvalue weighted by Gasteiger charge is -2.37. The molecule has 4 rings (SSSR count). The third kappa shape index (κ3) is 3.64. The minimum Gasteiger partial charge on any atom is -0.503 e. The summed E-state index contributed by atoms with van der Waals surface area (Å²) < 4.78 is 5.83. The summed E-state index contributed by atoms with van der Waals surface area (Å²) in [5.41, 5.74) is 3.76. The zero-order chi connectivity index (χ0) is 21.4. The summed E-state index contributed by atoms with van der Waals surface area (Å²) in [4.78, 5) is 28.6. The first-order valence-electron chi connectivity index (χ1n) is 10.5. The Bertz CT molecular complexity index is 960. The fourth-order valence-corrected chi connectivity index (χ4v) is 5.24. The first-order chi connectivity index (χ1) is 14.4. The van der Waals surface area contributed by atoms with Gasteiger partial charge in [-0.3, -0.25) is 9.59 Å². The number of halogens is 1. The molecule has 30 heavy (non-hydrogen) atoms. The molecule has 1 aromatic rings. The van der Waals surface area contributed by atoms with E-state index in [9.17, 15) is 14.7 Å². The molecular formula is C23H27BrN2O4. The van der Waals surface area contributed by atoms with E-state index in [4.69, 9.17) is 4.74 Å². The second kappa shape index (κ2) is 8.46. The number of ketones is 1. The highest BCUT2D eigenvalue weighted by atomic mass is 79.9. The number of ether oxygens (including phenoxy) is 1. The van der Waals surface area contributed by atoms with Crippen LogP contribution >= 0.6 is 15.9 Å². The number of piperidine rings is 1. The molecule has 2 N–H and O–H groups in total. The van der Waals surface area contributed by atoms with Crippen molar-refractivity contribution in [1.29, 1.82) is 0 Å². The Morgan fingerprint density at radius 3 is 2.63 bits per heavy atom. The summed E-state index contributed by atoms with van der Waals surface area (Å²) in [6.07, 6.45) is 5.22. The molecule has 6 nitrogen and oxygen atoms in total. The van der Waals surface area contributed by atoms with Gasteiger partial charge in [-0.1, -0.05) is 0 Å². The maximum atomic E-state index is 13.6. The number of phenols is 1. The van der Waals surface area contributed by atoms with Crippen LogP contribution in [-0.4, -0.2) is 41.9 Å². The van der Waals surface area contributed by atoms with E-state index in [-0.39, 0.29) is 17.4 Å². The molecule has 2 heterocycles. The molecule has 1 fully saturated rings. The number of Topliss-reactive ketones (excluding diaryl/α,β-unsaturated/α-hetero) is 1. The molecule has 0 saturated carbocycles. The fraction of sp³-hybridized carbons (Fsp3) is 0.478. The van der Waals surface area contributed by atoms with Crippen molar-refractivity contribution in [2.24, 2.45) is 0 Å². The number of phenolic OH excluding ortho intramolecular Hbond substituents is 1. The number of carbonyl (C=O) groups is 2. The second-order valence-electron chi connectivity index (χ2n) is 8.17. The number of amides is 1. The van der Waals surface area contributed by atoms with Crippen molar-refractivity contribution in [3.05, 3.63) is 44.7 Å². The number of aromatic hydroxyl groups is 1. The van der Waals surface area contributed by atoms with E-state index in [0.717, 1.165) is 62.2 Å². The number of rotatable bonds is 3. The summed E-state index contributed by atoms with van der Waals surface area (Å²) in [6, 6.07) is 3.52. The molecular weight excluding hydrogens is 448 g/mol. The van der Waals surface area contributed by atoms with Crippen molar-refractivity contribution in [1.82, 2.24) is 10.2 Å². The quantitative estimate of drug-likeness (QED) is 0.687. The molecule has 1 amide bonds. The topological polar surface area (TPSA) is 78.9 Å². The van der Waals surface area contributed by atoms with Crippen molar-refractivity contribution in [3.63, 3.8) is 0 Å². The molecule has 160 valence electrons. The number of hydrogen-bond donors (Lipinski definition) is 2. The van der Waals surface area contributed by atoms with E-state index in [1.54, 1.807) is 12.1 Å². The van der Waals surface area contributed by atoms with Crippen molar-refractivity contribution in [2.45, 2.75) is 51.4 Å². The maximum absolute atomic E-state index is 13.6. The van der Waals surface area contributed by atoms with Crippen LogP contribution in [0, 0.1) is 0 Å². The number of nitrogens with zero attached hydrogens (tertiary/aromatic N) is 1. The van der Waals surface area contributed by atoms with Crippen LogP contribution in [0.25, 0.3) is 0 Å². The van der Waals surface area contributed by atoms with Gasteiger partial charge in [0, 0.05) is 48.0 Å². The molecule has 1 aliphatic carbocycles. The number of methoxy groups -OCH3 is 1. The third-order valence-electron chi connectivity index (χ3n) is 6.25. The first kappa shape index (κ1) is 21.0. The molecule has 7 heteroatoms. The predicted molar refractivity (Wildman–Crippen MR) is 117 cm³/mol. The normalized spacial score (nSPS) is 22.0. The highest BCUT2D eigenvalue weighted by molar-refractivity contribution is 9.10. The molecule has 2 aliphatic heterocycles. The highest BCUT2D eigenvalue weighted by Crippen LogP contribution is 2.46. The first-order valence-corrected chi connectivity index (χ1v) is 11.3. The number of hydrogen-bond acceptors (Lipinski definition) is 5. The number of likely N-dealkylation sites (tertiary alicyclic amines) is 1. The molecule has 0 unspecified atom stereocenters. The summed E-state index contributed by atoms with van der Waals surface area (Å²) in [7, 11) is 1.49. The smallest absolute Gasteiger partial charge is 0.252 e. The third-order valence-corrected chi connectivity index (χ3v) is 6.86. The van der Waals surface area contributed by atoms with Gasteiger partial charge in [0.15, 0.2) is 17.3 Å². The van der Waals surface area contributed by atoms with Crippen molar-refractivity contribution in [3.8, 4) is 11.5 Å². The molecule has 0 radical (unpaired) electrons. The van der Waals surface area contributed by atoms with Crippen LogP contribution in [0.15, 0.2) is 39.1 Å². The number of benzene rings is 1. The van der Waals surface area contributed by atoms with Gasteiger partial charge in [0.05, 0.1) is 11.6 Å². The zero-order valence-corrected chi connectivity index (χ0v) is 19.0. The van der Waals surface area contributed by atoms with Gasteiger partial charge in [-0.05, 0) is 72.7 Å². The fourth-order valence-electron chi connectivity index (χ4n) is 4.78. The van der Waals surface area contributed by atoms with Crippen LogP contribution in [0.5, 0.6) is 11.5 Å².